The van der Waals surface area contributed by atoms with E-state index in [1.165, 1.54) is 0 Å². The molecule has 5 heteroatoms. The molecular weight excluding hydrogens is 272 g/mol. The zero-order valence-electron chi connectivity index (χ0n) is 11.5. The van der Waals surface area contributed by atoms with Gasteiger partial charge in [0, 0.05) is 5.02 Å². The van der Waals surface area contributed by atoms with Crippen LogP contribution in [0.2, 0.25) is 5.02 Å². The van der Waals surface area contributed by atoms with E-state index in [-0.39, 0.29) is 0 Å². The van der Waals surface area contributed by atoms with E-state index in [0.717, 1.165) is 24.8 Å². The first-order valence-electron chi connectivity index (χ1n) is 6.71. The van der Waals surface area contributed by atoms with E-state index in [4.69, 9.17) is 11.6 Å². The summed E-state index contributed by atoms with van der Waals surface area (Å²) in [6.07, 6.45) is 6.07. The van der Waals surface area contributed by atoms with Crippen molar-refractivity contribution in [1.29, 1.82) is 5.26 Å². The first kappa shape index (κ1) is 14.5. The molecule has 2 rings (SSSR count). The van der Waals surface area contributed by atoms with Crippen molar-refractivity contribution in [2.45, 2.75) is 38.1 Å². The third-order valence-corrected chi connectivity index (χ3v) is 3.70. The fourth-order valence-corrected chi connectivity index (χ4v) is 2.41. The van der Waals surface area contributed by atoms with Gasteiger partial charge in [-0.25, -0.2) is 0 Å². The SMILES string of the molecule is CCCCC(C#N)(Cn1nccn1)c1ccc(Cl)cc1. The number of nitrogens with zero attached hydrogens (tertiary/aromatic N) is 4. The molecule has 0 aliphatic heterocycles. The second-order valence-corrected chi connectivity index (χ2v) is 5.30. The number of rotatable bonds is 6. The summed E-state index contributed by atoms with van der Waals surface area (Å²) in [6.45, 7) is 2.58. The van der Waals surface area contributed by atoms with Crippen LogP contribution >= 0.6 is 11.6 Å². The third-order valence-electron chi connectivity index (χ3n) is 3.45. The van der Waals surface area contributed by atoms with Gasteiger partial charge in [-0.15, -0.1) is 0 Å². The largest absolute Gasteiger partial charge is 0.197 e. The van der Waals surface area contributed by atoms with Crippen molar-refractivity contribution in [1.82, 2.24) is 15.0 Å². The van der Waals surface area contributed by atoms with E-state index < -0.39 is 5.41 Å². The lowest BCUT2D eigenvalue weighted by Gasteiger charge is -2.26. The highest BCUT2D eigenvalue weighted by molar-refractivity contribution is 6.30. The second-order valence-electron chi connectivity index (χ2n) is 4.86. The highest BCUT2D eigenvalue weighted by Gasteiger charge is 2.33. The molecule has 1 aromatic carbocycles. The van der Waals surface area contributed by atoms with Crippen LogP contribution in [0, 0.1) is 11.3 Å². The van der Waals surface area contributed by atoms with Crippen LogP contribution in [0.15, 0.2) is 36.7 Å². The Kier molecular flexibility index (Phi) is 4.75. The topological polar surface area (TPSA) is 54.5 Å². The van der Waals surface area contributed by atoms with Crippen molar-refractivity contribution in [2.75, 3.05) is 0 Å². The fourth-order valence-electron chi connectivity index (χ4n) is 2.28. The Labute approximate surface area is 124 Å². The lowest BCUT2D eigenvalue weighted by Crippen LogP contribution is -2.31. The summed E-state index contributed by atoms with van der Waals surface area (Å²) in [5, 5.41) is 18.7. The number of aromatic nitrogens is 3. The number of benzene rings is 1. The molecule has 0 aliphatic carbocycles. The molecule has 0 N–H and O–H groups in total. The number of hydrogen-bond acceptors (Lipinski definition) is 3. The van der Waals surface area contributed by atoms with Gasteiger partial charge in [-0.05, 0) is 24.1 Å². The molecule has 0 saturated carbocycles. The van der Waals surface area contributed by atoms with Crippen molar-refractivity contribution >= 4 is 11.6 Å². The number of hydrogen-bond donors (Lipinski definition) is 0. The average Bonchev–Trinajstić information content (AvgIpc) is 2.97. The standard InChI is InChI=1S/C15H17ClN4/c1-2-3-8-15(11-17,12-20-18-9-10-19-20)13-4-6-14(16)7-5-13/h4-7,9-10H,2-3,8,12H2,1H3. The minimum atomic E-state index is -0.611. The lowest BCUT2D eigenvalue weighted by molar-refractivity contribution is 0.364. The van der Waals surface area contributed by atoms with Crippen LogP contribution in [0.4, 0.5) is 0 Å². The van der Waals surface area contributed by atoms with E-state index in [1.54, 1.807) is 17.2 Å². The minimum absolute atomic E-state index is 0.456. The molecule has 1 aromatic heterocycles. The van der Waals surface area contributed by atoms with Gasteiger partial charge < -0.3 is 0 Å². The van der Waals surface area contributed by atoms with Crippen LogP contribution in [-0.4, -0.2) is 15.0 Å². The first-order valence-corrected chi connectivity index (χ1v) is 7.09. The highest BCUT2D eigenvalue weighted by Crippen LogP contribution is 2.32. The van der Waals surface area contributed by atoms with Gasteiger partial charge in [0.2, 0.25) is 0 Å². The summed E-state index contributed by atoms with van der Waals surface area (Å²) in [7, 11) is 0. The molecule has 2 aromatic rings. The number of unbranched alkanes of at least 4 members (excludes halogenated alkanes) is 1. The average molecular weight is 289 g/mol. The van der Waals surface area contributed by atoms with Crippen LogP contribution < -0.4 is 0 Å². The molecule has 0 aliphatic rings. The van der Waals surface area contributed by atoms with Crippen LogP contribution in [0.25, 0.3) is 0 Å². The Morgan fingerprint density at radius 2 is 1.90 bits per heavy atom. The molecule has 20 heavy (non-hydrogen) atoms. The predicted octanol–water partition coefficient (Wildman–Crippen LogP) is 3.58. The maximum Gasteiger partial charge on any atom is 0.103 e. The molecule has 0 bridgehead atoms. The van der Waals surface area contributed by atoms with E-state index in [1.807, 2.05) is 24.3 Å². The molecule has 0 radical (unpaired) electrons. The number of nitriles is 1. The summed E-state index contributed by atoms with van der Waals surface area (Å²) in [4.78, 5) is 1.58. The summed E-state index contributed by atoms with van der Waals surface area (Å²) < 4.78 is 0. The molecule has 1 unspecified atom stereocenters. The van der Waals surface area contributed by atoms with E-state index in [0.29, 0.717) is 11.6 Å². The van der Waals surface area contributed by atoms with Gasteiger partial charge in [0.05, 0.1) is 25.0 Å². The zero-order chi connectivity index (χ0) is 14.4. The zero-order valence-corrected chi connectivity index (χ0v) is 12.2. The fraction of sp³-hybridized carbons (Fsp3) is 0.400. The third kappa shape index (κ3) is 3.17. The monoisotopic (exact) mass is 288 g/mol. The number of halogens is 1. The molecule has 0 spiro atoms. The normalized spacial score (nSPS) is 13.7. The summed E-state index contributed by atoms with van der Waals surface area (Å²) in [5.74, 6) is 0. The molecule has 1 heterocycles. The summed E-state index contributed by atoms with van der Waals surface area (Å²) in [5.41, 5.74) is 0.356. The molecule has 0 amide bonds. The van der Waals surface area contributed by atoms with Gasteiger partial charge in [-0.2, -0.15) is 20.3 Å². The molecule has 1 atom stereocenters. The van der Waals surface area contributed by atoms with E-state index in [9.17, 15) is 5.26 Å². The van der Waals surface area contributed by atoms with Crippen molar-refractivity contribution in [3.63, 3.8) is 0 Å². The molecule has 104 valence electrons. The van der Waals surface area contributed by atoms with E-state index in [2.05, 4.69) is 23.2 Å². The minimum Gasteiger partial charge on any atom is -0.197 e. The second kappa shape index (κ2) is 6.53. The first-order chi connectivity index (χ1) is 9.70. The Morgan fingerprint density at radius 3 is 2.45 bits per heavy atom. The van der Waals surface area contributed by atoms with Crippen molar-refractivity contribution in [2.24, 2.45) is 0 Å². The molecule has 4 nitrogen and oxygen atoms in total. The predicted molar refractivity (Wildman–Crippen MR) is 78.3 cm³/mol. The molecule has 0 saturated heterocycles. The Bertz CT molecular complexity index is 571. The maximum absolute atomic E-state index is 9.77. The summed E-state index contributed by atoms with van der Waals surface area (Å²) in [6, 6.07) is 9.97. The quantitative estimate of drug-likeness (QED) is 0.816. The highest BCUT2D eigenvalue weighted by atomic mass is 35.5. The van der Waals surface area contributed by atoms with Gasteiger partial charge in [-0.3, -0.25) is 0 Å². The van der Waals surface area contributed by atoms with Gasteiger partial charge in [-0.1, -0.05) is 43.5 Å². The van der Waals surface area contributed by atoms with Gasteiger partial charge in [0.1, 0.15) is 5.41 Å². The van der Waals surface area contributed by atoms with Crippen molar-refractivity contribution in [3.8, 4) is 6.07 Å². The smallest absolute Gasteiger partial charge is 0.103 e. The Balaban J connectivity index is 2.36. The van der Waals surface area contributed by atoms with Crippen LogP contribution in [0.3, 0.4) is 0 Å². The van der Waals surface area contributed by atoms with E-state index >= 15 is 0 Å². The van der Waals surface area contributed by atoms with Crippen LogP contribution in [0.5, 0.6) is 0 Å². The van der Waals surface area contributed by atoms with Crippen molar-refractivity contribution in [3.05, 3.63) is 47.2 Å². The molecule has 0 fully saturated rings. The van der Waals surface area contributed by atoms with Gasteiger partial charge >= 0.3 is 0 Å². The van der Waals surface area contributed by atoms with Gasteiger partial charge in [0.25, 0.3) is 0 Å². The Morgan fingerprint density at radius 1 is 1.25 bits per heavy atom. The lowest BCUT2D eigenvalue weighted by atomic mass is 9.77. The molecular formula is C15H17ClN4. The maximum atomic E-state index is 9.77. The van der Waals surface area contributed by atoms with Gasteiger partial charge in [0.15, 0.2) is 0 Å². The van der Waals surface area contributed by atoms with Crippen LogP contribution in [-0.2, 0) is 12.0 Å². The van der Waals surface area contributed by atoms with Crippen LogP contribution in [0.1, 0.15) is 31.7 Å². The summed E-state index contributed by atoms with van der Waals surface area (Å²) >= 11 is 5.94. The Hall–Kier alpha value is -1.86. The van der Waals surface area contributed by atoms with Crippen molar-refractivity contribution < 1.29 is 0 Å².